The van der Waals surface area contributed by atoms with Gasteiger partial charge in [0.2, 0.25) is 5.91 Å². The van der Waals surface area contributed by atoms with Crippen LogP contribution in [-0.2, 0) is 9.53 Å². The highest BCUT2D eigenvalue weighted by atomic mass is 35.5. The predicted octanol–water partition coefficient (Wildman–Crippen LogP) is 2.25. The summed E-state index contributed by atoms with van der Waals surface area (Å²) in [6.07, 6.45) is 9.70. The van der Waals surface area contributed by atoms with E-state index in [1.54, 1.807) is 4.90 Å². The van der Waals surface area contributed by atoms with Crippen LogP contribution in [0.15, 0.2) is 0 Å². The summed E-state index contributed by atoms with van der Waals surface area (Å²) in [5, 5.41) is 44.2. The highest BCUT2D eigenvalue weighted by Gasteiger charge is 2.51. The number of piperidine rings is 1. The van der Waals surface area contributed by atoms with Crippen molar-refractivity contribution in [3.05, 3.63) is 0 Å². The second-order valence-electron chi connectivity index (χ2n) is 12.4. The first-order chi connectivity index (χ1) is 17.4. The van der Waals surface area contributed by atoms with Crippen LogP contribution in [-0.4, -0.2) is 94.5 Å². The molecule has 1 aliphatic heterocycles. The minimum absolute atomic E-state index is 0. The molecule has 5 fully saturated rings. The second-order valence-corrected chi connectivity index (χ2v) is 12.4. The lowest BCUT2D eigenvalue weighted by atomic mass is 9.50. The van der Waals surface area contributed by atoms with Gasteiger partial charge in [-0.1, -0.05) is 19.8 Å². The van der Waals surface area contributed by atoms with Crippen molar-refractivity contribution in [2.24, 2.45) is 23.2 Å². The number of aliphatic hydroxyl groups is 4. The van der Waals surface area contributed by atoms with Crippen molar-refractivity contribution in [1.29, 1.82) is 0 Å². The van der Waals surface area contributed by atoms with E-state index in [0.29, 0.717) is 18.5 Å². The van der Waals surface area contributed by atoms with Gasteiger partial charge in [-0.3, -0.25) is 9.69 Å². The maximum Gasteiger partial charge on any atom is 0.240 e. The SMILES string of the molecule is CCCCCNC(=O)[C@@H]1[C@H](O)[C@@H](O)[C@H](O)[C@H](CO)N1CCCCCOCC12CC3CC(CC(C3)C1)C2.Cl. The first-order valence-electron chi connectivity index (χ1n) is 14.6. The third-order valence-electron chi connectivity index (χ3n) is 9.51. The molecular weight excluding hydrogens is 496 g/mol. The maximum absolute atomic E-state index is 12.9. The lowest BCUT2D eigenvalue weighted by Crippen LogP contribution is -2.70. The normalized spacial score (nSPS) is 38.9. The zero-order valence-electron chi connectivity index (χ0n) is 22.6. The molecule has 216 valence electrons. The summed E-state index contributed by atoms with van der Waals surface area (Å²) < 4.78 is 6.19. The minimum Gasteiger partial charge on any atom is -0.395 e. The van der Waals surface area contributed by atoms with E-state index >= 15 is 0 Å². The number of halogens is 1. The molecule has 1 heterocycles. The molecule has 0 unspecified atom stereocenters. The summed E-state index contributed by atoms with van der Waals surface area (Å²) in [5.41, 5.74) is 0.432. The molecule has 5 N–H and O–H groups in total. The Balaban J connectivity index is 0.00000380. The third kappa shape index (κ3) is 7.38. The number of amides is 1. The van der Waals surface area contributed by atoms with Gasteiger partial charge >= 0.3 is 0 Å². The van der Waals surface area contributed by atoms with Crippen molar-refractivity contribution in [3.63, 3.8) is 0 Å². The van der Waals surface area contributed by atoms with E-state index < -0.39 is 37.0 Å². The average Bonchev–Trinajstić information content (AvgIpc) is 2.84. The summed E-state index contributed by atoms with van der Waals surface area (Å²) in [6, 6.07) is -1.78. The second kappa shape index (κ2) is 14.2. The number of ether oxygens (including phenoxy) is 1. The Labute approximate surface area is 228 Å². The van der Waals surface area contributed by atoms with Gasteiger partial charge in [0.25, 0.3) is 0 Å². The van der Waals surface area contributed by atoms with Crippen LogP contribution in [0, 0.1) is 23.2 Å². The Kier molecular flexibility index (Phi) is 12.0. The summed E-state index contributed by atoms with van der Waals surface area (Å²) in [5.74, 6) is 2.45. The van der Waals surface area contributed by atoms with Crippen LogP contribution in [0.3, 0.4) is 0 Å². The number of unbranched alkanes of at least 4 members (excludes halogenated alkanes) is 4. The van der Waals surface area contributed by atoms with E-state index in [4.69, 9.17) is 4.74 Å². The van der Waals surface area contributed by atoms with E-state index in [1.165, 1.54) is 38.5 Å². The molecule has 0 aromatic heterocycles. The van der Waals surface area contributed by atoms with Crippen LogP contribution in [0.4, 0.5) is 0 Å². The smallest absolute Gasteiger partial charge is 0.240 e. The number of hydrogen-bond donors (Lipinski definition) is 5. The van der Waals surface area contributed by atoms with Gasteiger partial charge in [-0.25, -0.2) is 0 Å². The Morgan fingerprint density at radius 3 is 2.16 bits per heavy atom. The van der Waals surface area contributed by atoms with Crippen LogP contribution in [0.2, 0.25) is 0 Å². The fraction of sp³-hybridized carbons (Fsp3) is 0.964. The number of hydrogen-bond acceptors (Lipinski definition) is 7. The van der Waals surface area contributed by atoms with Gasteiger partial charge in [0.1, 0.15) is 24.4 Å². The molecule has 0 aromatic carbocycles. The molecule has 9 heteroatoms. The van der Waals surface area contributed by atoms with Crippen LogP contribution >= 0.6 is 12.4 Å². The summed E-state index contributed by atoms with van der Waals surface area (Å²) in [4.78, 5) is 14.6. The summed E-state index contributed by atoms with van der Waals surface area (Å²) in [7, 11) is 0. The van der Waals surface area contributed by atoms with Gasteiger partial charge in [0.15, 0.2) is 0 Å². The van der Waals surface area contributed by atoms with Crippen molar-refractivity contribution in [3.8, 4) is 0 Å². The van der Waals surface area contributed by atoms with Gasteiger partial charge in [0, 0.05) is 13.2 Å². The molecule has 0 radical (unpaired) electrons. The fourth-order valence-corrected chi connectivity index (χ4v) is 8.16. The molecule has 37 heavy (non-hydrogen) atoms. The first-order valence-corrected chi connectivity index (χ1v) is 14.6. The number of carbonyl (C=O) groups is 1. The van der Waals surface area contributed by atoms with E-state index in [-0.39, 0.29) is 18.3 Å². The number of carbonyl (C=O) groups excluding carboxylic acids is 1. The Bertz CT molecular complexity index is 677. The molecule has 4 aliphatic carbocycles. The fourth-order valence-electron chi connectivity index (χ4n) is 8.16. The minimum atomic E-state index is -1.47. The highest BCUT2D eigenvalue weighted by Crippen LogP contribution is 2.60. The Morgan fingerprint density at radius 2 is 1.57 bits per heavy atom. The zero-order chi connectivity index (χ0) is 25.7. The highest BCUT2D eigenvalue weighted by molar-refractivity contribution is 5.85. The van der Waals surface area contributed by atoms with Crippen molar-refractivity contribution in [2.45, 2.75) is 114 Å². The topological polar surface area (TPSA) is 122 Å². The number of nitrogens with zero attached hydrogens (tertiary/aromatic N) is 1. The van der Waals surface area contributed by atoms with Crippen molar-refractivity contribution in [1.82, 2.24) is 10.2 Å². The van der Waals surface area contributed by atoms with Crippen LogP contribution in [0.5, 0.6) is 0 Å². The number of rotatable bonds is 14. The lowest BCUT2D eigenvalue weighted by Gasteiger charge is -2.56. The van der Waals surface area contributed by atoms with E-state index in [2.05, 4.69) is 12.2 Å². The van der Waals surface area contributed by atoms with Crippen LogP contribution in [0.25, 0.3) is 0 Å². The first kappa shape index (κ1) is 31.1. The Morgan fingerprint density at radius 1 is 0.919 bits per heavy atom. The number of likely N-dealkylation sites (tertiary alicyclic amines) is 1. The standard InChI is InChI=1S/C28H50N2O6.ClH/c1-2-3-5-8-29-27(35)23-25(33)26(34)24(32)22(17-31)30(23)9-6-4-7-10-36-18-28-14-19-11-20(15-28)13-21(12-19)16-28;/h19-26,31-34H,2-18H2,1H3,(H,29,35);1H/t19?,20?,21?,22-,23-,24+,25-,26-,28?;/m0./s1. The van der Waals surface area contributed by atoms with Gasteiger partial charge < -0.3 is 30.5 Å². The van der Waals surface area contributed by atoms with Crippen molar-refractivity contribution >= 4 is 18.3 Å². The van der Waals surface area contributed by atoms with E-state index in [1.807, 2.05) is 0 Å². The summed E-state index contributed by atoms with van der Waals surface area (Å²) >= 11 is 0. The molecule has 1 saturated heterocycles. The number of nitrogens with one attached hydrogen (secondary N) is 1. The van der Waals surface area contributed by atoms with Gasteiger partial charge in [-0.2, -0.15) is 0 Å². The van der Waals surface area contributed by atoms with E-state index in [0.717, 1.165) is 69.5 Å². The Hall–Kier alpha value is -0.480. The van der Waals surface area contributed by atoms with Crippen molar-refractivity contribution < 1.29 is 30.0 Å². The van der Waals surface area contributed by atoms with E-state index in [9.17, 15) is 25.2 Å². The molecule has 5 atom stereocenters. The monoisotopic (exact) mass is 546 g/mol. The van der Waals surface area contributed by atoms with Crippen LogP contribution < -0.4 is 5.32 Å². The molecular formula is C28H51ClN2O6. The van der Waals surface area contributed by atoms with Gasteiger partial charge in [0.05, 0.1) is 19.3 Å². The molecule has 4 saturated carbocycles. The van der Waals surface area contributed by atoms with Gasteiger partial charge in [-0.15, -0.1) is 12.4 Å². The largest absolute Gasteiger partial charge is 0.395 e. The molecule has 5 rings (SSSR count). The average molecular weight is 547 g/mol. The third-order valence-corrected chi connectivity index (χ3v) is 9.51. The quantitative estimate of drug-likeness (QED) is 0.212. The number of aliphatic hydroxyl groups excluding tert-OH is 4. The van der Waals surface area contributed by atoms with Crippen LogP contribution in [0.1, 0.15) is 84.0 Å². The molecule has 8 nitrogen and oxygen atoms in total. The molecule has 4 bridgehead atoms. The molecule has 5 aliphatic rings. The predicted molar refractivity (Wildman–Crippen MR) is 144 cm³/mol. The molecule has 1 amide bonds. The van der Waals surface area contributed by atoms with Gasteiger partial charge in [-0.05, 0) is 93.9 Å². The van der Waals surface area contributed by atoms with Crippen molar-refractivity contribution in [2.75, 3.05) is 32.9 Å². The lowest BCUT2D eigenvalue weighted by molar-refractivity contribution is -0.178. The zero-order valence-corrected chi connectivity index (χ0v) is 23.4. The molecule has 0 spiro atoms. The maximum atomic E-state index is 12.9. The summed E-state index contributed by atoms with van der Waals surface area (Å²) in [6.45, 7) is 4.29. The molecule has 0 aromatic rings.